The topological polar surface area (TPSA) is 32.5 Å². The molecule has 2 saturated heterocycles. The van der Waals surface area contributed by atoms with Crippen LogP contribution in [0.5, 0.6) is 0 Å². The first-order valence-corrected chi connectivity index (χ1v) is 7.30. The van der Waals surface area contributed by atoms with Crippen molar-refractivity contribution in [2.45, 2.75) is 18.9 Å². The van der Waals surface area contributed by atoms with Crippen molar-refractivity contribution in [3.8, 4) is 0 Å². The molecule has 1 atom stereocenters. The standard InChI is InChI=1S/C11H23N3S/c12-3-1-4-13-5-7-14(8-6-13)11-2-9-15-10-11/h11H,1-10,12H2. The summed E-state index contributed by atoms with van der Waals surface area (Å²) >= 11 is 2.12. The van der Waals surface area contributed by atoms with Crippen molar-refractivity contribution in [1.29, 1.82) is 0 Å². The normalized spacial score (nSPS) is 29.8. The summed E-state index contributed by atoms with van der Waals surface area (Å²) in [4.78, 5) is 5.25. The van der Waals surface area contributed by atoms with Gasteiger partial charge >= 0.3 is 0 Å². The Hall–Kier alpha value is 0.230. The Bertz CT molecular complexity index is 175. The molecular weight excluding hydrogens is 206 g/mol. The van der Waals surface area contributed by atoms with E-state index in [1.165, 1.54) is 50.7 Å². The summed E-state index contributed by atoms with van der Waals surface area (Å²) in [6.07, 6.45) is 2.56. The quantitative estimate of drug-likeness (QED) is 0.759. The van der Waals surface area contributed by atoms with Crippen LogP contribution in [0.3, 0.4) is 0 Å². The predicted molar refractivity (Wildman–Crippen MR) is 67.4 cm³/mol. The van der Waals surface area contributed by atoms with E-state index in [0.29, 0.717) is 0 Å². The third-order valence-electron chi connectivity index (χ3n) is 3.51. The van der Waals surface area contributed by atoms with Gasteiger partial charge in [0.25, 0.3) is 0 Å². The third-order valence-corrected chi connectivity index (χ3v) is 4.65. The van der Waals surface area contributed by atoms with E-state index in [1.807, 2.05) is 0 Å². The smallest absolute Gasteiger partial charge is 0.0195 e. The maximum Gasteiger partial charge on any atom is 0.0195 e. The predicted octanol–water partition coefficient (Wildman–Crippen LogP) is 0.458. The molecule has 2 aliphatic heterocycles. The highest BCUT2D eigenvalue weighted by Crippen LogP contribution is 2.23. The highest BCUT2D eigenvalue weighted by Gasteiger charge is 2.25. The molecule has 2 heterocycles. The van der Waals surface area contributed by atoms with Crippen molar-refractivity contribution in [3.63, 3.8) is 0 Å². The molecule has 0 aromatic heterocycles. The lowest BCUT2D eigenvalue weighted by Gasteiger charge is -2.37. The second kappa shape index (κ2) is 6.09. The van der Waals surface area contributed by atoms with Crippen LogP contribution >= 0.6 is 11.8 Å². The molecule has 1 unspecified atom stereocenters. The SMILES string of the molecule is NCCCN1CCN(C2CCSC2)CC1. The largest absolute Gasteiger partial charge is 0.330 e. The van der Waals surface area contributed by atoms with E-state index >= 15 is 0 Å². The lowest BCUT2D eigenvalue weighted by Crippen LogP contribution is -2.50. The van der Waals surface area contributed by atoms with Gasteiger partial charge in [0.15, 0.2) is 0 Å². The van der Waals surface area contributed by atoms with E-state index in [-0.39, 0.29) is 0 Å². The van der Waals surface area contributed by atoms with Gasteiger partial charge in [0.05, 0.1) is 0 Å². The molecule has 0 radical (unpaired) electrons. The molecule has 0 saturated carbocycles. The lowest BCUT2D eigenvalue weighted by atomic mass is 10.2. The fourth-order valence-electron chi connectivity index (χ4n) is 2.48. The monoisotopic (exact) mass is 229 g/mol. The van der Waals surface area contributed by atoms with E-state index < -0.39 is 0 Å². The molecule has 2 fully saturated rings. The van der Waals surface area contributed by atoms with Gasteiger partial charge in [0.1, 0.15) is 0 Å². The van der Waals surface area contributed by atoms with Crippen LogP contribution in [0.4, 0.5) is 0 Å². The number of piperazine rings is 1. The Labute approximate surface area is 97.4 Å². The van der Waals surface area contributed by atoms with Gasteiger partial charge in [-0.3, -0.25) is 4.90 Å². The van der Waals surface area contributed by atoms with Crippen LogP contribution in [0.2, 0.25) is 0 Å². The van der Waals surface area contributed by atoms with Gasteiger partial charge in [-0.05, 0) is 31.7 Å². The van der Waals surface area contributed by atoms with Crippen LogP contribution in [0.25, 0.3) is 0 Å². The highest BCUT2D eigenvalue weighted by molar-refractivity contribution is 7.99. The second-order valence-electron chi connectivity index (χ2n) is 4.54. The molecule has 0 aromatic rings. The Balaban J connectivity index is 1.67. The second-order valence-corrected chi connectivity index (χ2v) is 5.69. The zero-order chi connectivity index (χ0) is 10.5. The molecule has 15 heavy (non-hydrogen) atoms. The minimum Gasteiger partial charge on any atom is -0.330 e. The van der Waals surface area contributed by atoms with Gasteiger partial charge in [-0.15, -0.1) is 0 Å². The zero-order valence-corrected chi connectivity index (χ0v) is 10.3. The van der Waals surface area contributed by atoms with Crippen LogP contribution in [0.15, 0.2) is 0 Å². The van der Waals surface area contributed by atoms with Crippen LogP contribution in [0.1, 0.15) is 12.8 Å². The van der Waals surface area contributed by atoms with Crippen molar-refractivity contribution in [2.24, 2.45) is 5.73 Å². The third kappa shape index (κ3) is 3.34. The lowest BCUT2D eigenvalue weighted by molar-refractivity contribution is 0.104. The summed E-state index contributed by atoms with van der Waals surface area (Å²) in [6.45, 7) is 7.08. The number of hydrogen-bond donors (Lipinski definition) is 1. The van der Waals surface area contributed by atoms with Crippen LogP contribution < -0.4 is 5.73 Å². The summed E-state index contributed by atoms with van der Waals surface area (Å²) < 4.78 is 0. The van der Waals surface area contributed by atoms with E-state index in [2.05, 4.69) is 21.6 Å². The summed E-state index contributed by atoms with van der Waals surface area (Å²) in [5.74, 6) is 2.74. The number of rotatable bonds is 4. The van der Waals surface area contributed by atoms with E-state index in [1.54, 1.807) is 0 Å². The average molecular weight is 229 g/mol. The molecule has 0 bridgehead atoms. The van der Waals surface area contributed by atoms with Crippen LogP contribution in [-0.4, -0.2) is 66.6 Å². The van der Waals surface area contributed by atoms with Gasteiger partial charge in [0, 0.05) is 38.0 Å². The fraction of sp³-hybridized carbons (Fsp3) is 1.00. The molecule has 4 heteroatoms. The fourth-order valence-corrected chi connectivity index (χ4v) is 3.73. The molecule has 88 valence electrons. The number of nitrogens with zero attached hydrogens (tertiary/aromatic N) is 2. The summed E-state index contributed by atoms with van der Waals surface area (Å²) in [6, 6.07) is 0.881. The van der Waals surface area contributed by atoms with Crippen molar-refractivity contribution in [1.82, 2.24) is 9.80 Å². The molecule has 2 rings (SSSR count). The first-order chi connectivity index (χ1) is 7.40. The van der Waals surface area contributed by atoms with Crippen LogP contribution in [0, 0.1) is 0 Å². The van der Waals surface area contributed by atoms with Crippen molar-refractivity contribution < 1.29 is 0 Å². The molecule has 3 nitrogen and oxygen atoms in total. The van der Waals surface area contributed by atoms with Crippen LogP contribution in [-0.2, 0) is 0 Å². The van der Waals surface area contributed by atoms with Crippen molar-refractivity contribution >= 4 is 11.8 Å². The maximum absolute atomic E-state index is 5.53. The van der Waals surface area contributed by atoms with E-state index in [0.717, 1.165) is 19.0 Å². The summed E-state index contributed by atoms with van der Waals surface area (Å²) in [5.41, 5.74) is 5.53. The van der Waals surface area contributed by atoms with Crippen molar-refractivity contribution in [2.75, 3.05) is 50.8 Å². The molecule has 0 amide bonds. The van der Waals surface area contributed by atoms with Crippen molar-refractivity contribution in [3.05, 3.63) is 0 Å². The number of hydrogen-bond acceptors (Lipinski definition) is 4. The van der Waals surface area contributed by atoms with Gasteiger partial charge in [-0.25, -0.2) is 0 Å². The number of thioether (sulfide) groups is 1. The molecular formula is C11H23N3S. The van der Waals surface area contributed by atoms with E-state index in [4.69, 9.17) is 5.73 Å². The first-order valence-electron chi connectivity index (χ1n) is 6.14. The Morgan fingerprint density at radius 1 is 1.20 bits per heavy atom. The van der Waals surface area contributed by atoms with Gasteiger partial charge in [-0.2, -0.15) is 11.8 Å². The van der Waals surface area contributed by atoms with Gasteiger partial charge in [0.2, 0.25) is 0 Å². The highest BCUT2D eigenvalue weighted by atomic mass is 32.2. The minimum atomic E-state index is 0.833. The average Bonchev–Trinajstić information content (AvgIpc) is 2.80. The molecule has 0 spiro atoms. The Morgan fingerprint density at radius 2 is 2.00 bits per heavy atom. The van der Waals surface area contributed by atoms with Gasteiger partial charge in [-0.1, -0.05) is 0 Å². The minimum absolute atomic E-state index is 0.833. The van der Waals surface area contributed by atoms with E-state index in [9.17, 15) is 0 Å². The molecule has 0 aliphatic carbocycles. The maximum atomic E-state index is 5.53. The van der Waals surface area contributed by atoms with Gasteiger partial charge < -0.3 is 10.6 Å². The molecule has 0 aromatic carbocycles. The molecule has 2 aliphatic rings. The Morgan fingerprint density at radius 3 is 2.60 bits per heavy atom. The zero-order valence-electron chi connectivity index (χ0n) is 9.53. The Kier molecular flexibility index (Phi) is 4.75. The summed E-state index contributed by atoms with van der Waals surface area (Å²) in [7, 11) is 0. The first kappa shape index (κ1) is 11.7. The summed E-state index contributed by atoms with van der Waals surface area (Å²) in [5, 5.41) is 0. The number of nitrogens with two attached hydrogens (primary N) is 1. The molecule has 2 N–H and O–H groups in total.